The second-order valence-corrected chi connectivity index (χ2v) is 9.09. The maximum absolute atomic E-state index is 11.3. The summed E-state index contributed by atoms with van der Waals surface area (Å²) < 4.78 is 35.3. The molecule has 0 aliphatic heterocycles. The number of rotatable bonds is 14. The maximum Gasteiger partial charge on any atom is 0.481 e. The minimum Gasteiger partial charge on any atom is -0.364 e. The highest BCUT2D eigenvalue weighted by Gasteiger charge is 2.31. The second-order valence-electron chi connectivity index (χ2n) is 6.26. The molecule has 28 heavy (non-hydrogen) atoms. The van der Waals surface area contributed by atoms with Gasteiger partial charge in [-0.3, -0.25) is 4.52 Å². The van der Waals surface area contributed by atoms with Gasteiger partial charge in [0, 0.05) is 0 Å². The Morgan fingerprint density at radius 3 is 2.04 bits per heavy atom. The quantitative estimate of drug-likeness (QED) is 0.160. The van der Waals surface area contributed by atoms with E-state index in [1.165, 1.54) is 5.57 Å². The fraction of sp³-hybridized carbons (Fsp3) is 0.556. The van der Waals surface area contributed by atoms with Crippen LogP contribution in [-0.2, 0) is 22.7 Å². The highest BCUT2D eigenvalue weighted by Crippen LogP contribution is 2.57. The van der Waals surface area contributed by atoms with Crippen LogP contribution in [0.2, 0.25) is 0 Å². The summed E-state index contributed by atoms with van der Waals surface area (Å²) in [6, 6.07) is 0. The van der Waals surface area contributed by atoms with Gasteiger partial charge in [-0.1, -0.05) is 40.9 Å². The van der Waals surface area contributed by atoms with Crippen molar-refractivity contribution in [1.29, 1.82) is 0 Å². The van der Waals surface area contributed by atoms with Gasteiger partial charge in [0.05, 0.1) is 13.2 Å². The zero-order valence-electron chi connectivity index (χ0n) is 16.5. The fourth-order valence-electron chi connectivity index (χ4n) is 2.06. The van der Waals surface area contributed by atoms with Crippen LogP contribution in [0.3, 0.4) is 0 Å². The van der Waals surface area contributed by atoms with Gasteiger partial charge in [0.15, 0.2) is 0 Å². The van der Waals surface area contributed by atoms with E-state index in [1.807, 2.05) is 13.8 Å². The van der Waals surface area contributed by atoms with Gasteiger partial charge in [-0.2, -0.15) is 4.31 Å². The lowest BCUT2D eigenvalue weighted by Crippen LogP contribution is -1.95. The van der Waals surface area contributed by atoms with Crippen LogP contribution in [0.1, 0.15) is 46.5 Å². The number of hydrogen-bond acceptors (Lipinski definition) is 5. The van der Waals surface area contributed by atoms with Gasteiger partial charge in [-0.05, 0) is 46.5 Å². The van der Waals surface area contributed by atoms with Crippen LogP contribution in [0.5, 0.6) is 0 Å². The van der Waals surface area contributed by atoms with E-state index >= 15 is 0 Å². The number of phosphoric ester groups is 1. The van der Waals surface area contributed by atoms with E-state index in [-0.39, 0.29) is 6.61 Å². The van der Waals surface area contributed by atoms with Gasteiger partial charge in [0.2, 0.25) is 0 Å². The molecule has 1 unspecified atom stereocenters. The Morgan fingerprint density at radius 2 is 1.50 bits per heavy atom. The molecule has 0 bridgehead atoms. The first-order valence-corrected chi connectivity index (χ1v) is 11.7. The zero-order valence-corrected chi connectivity index (χ0v) is 18.3. The molecule has 160 valence electrons. The topological polar surface area (TPSA) is 123 Å². The van der Waals surface area contributed by atoms with Crippen molar-refractivity contribution in [2.45, 2.75) is 46.5 Å². The summed E-state index contributed by atoms with van der Waals surface area (Å²) in [5.74, 6) is 2.42. The van der Waals surface area contributed by atoms with Crippen LogP contribution in [0.15, 0.2) is 34.9 Å². The number of allylic oxidation sites excluding steroid dienone is 4. The van der Waals surface area contributed by atoms with Crippen molar-refractivity contribution < 1.29 is 37.4 Å². The number of phosphoric acid groups is 2. The van der Waals surface area contributed by atoms with E-state index < -0.39 is 15.6 Å². The number of terminal acetylenes is 1. The van der Waals surface area contributed by atoms with Crippen molar-refractivity contribution >= 4 is 15.6 Å². The fourth-order valence-corrected chi connectivity index (χ4v) is 3.58. The first-order chi connectivity index (χ1) is 12.9. The Morgan fingerprint density at radius 1 is 0.964 bits per heavy atom. The molecule has 0 rings (SSSR count). The molecule has 0 aromatic carbocycles. The monoisotopic (exact) mass is 436 g/mol. The predicted octanol–water partition coefficient (Wildman–Crippen LogP) is 4.26. The zero-order chi connectivity index (χ0) is 21.6. The molecule has 3 N–H and O–H groups in total. The average molecular weight is 436 g/mol. The Bertz CT molecular complexity index is 697. The van der Waals surface area contributed by atoms with Gasteiger partial charge in [0.1, 0.15) is 6.61 Å². The van der Waals surface area contributed by atoms with Gasteiger partial charge in [-0.25, -0.2) is 9.13 Å². The first-order valence-electron chi connectivity index (χ1n) is 8.67. The third-order valence-corrected chi connectivity index (χ3v) is 5.61. The summed E-state index contributed by atoms with van der Waals surface area (Å²) in [6.45, 7) is 6.46. The summed E-state index contributed by atoms with van der Waals surface area (Å²) in [4.78, 5) is 26.2. The highest BCUT2D eigenvalue weighted by atomic mass is 31.3. The molecular formula is C18H30O8P2. The SMILES string of the molecule is C#CCOCC(C)=CCCC(C)=CCCC(C)=CCOP(=O)(O)OP(=O)(O)O. The summed E-state index contributed by atoms with van der Waals surface area (Å²) in [5.41, 5.74) is 3.32. The molecule has 0 aliphatic rings. The Hall–Kier alpha value is -1.00. The molecule has 0 aliphatic carbocycles. The van der Waals surface area contributed by atoms with Crippen molar-refractivity contribution in [3.8, 4) is 12.3 Å². The summed E-state index contributed by atoms with van der Waals surface area (Å²) in [5, 5.41) is 0. The standard InChI is InChI=1S/C18H30O8P2/c1-5-13-24-15-18(4)11-7-9-16(2)8-6-10-17(3)12-14-25-28(22,23)26-27(19,20)21/h1,8,11-12H,6-7,9-10,13-15H2,2-4H3,(H,22,23)(H2,19,20,21). The van der Waals surface area contributed by atoms with E-state index in [0.29, 0.717) is 13.2 Å². The van der Waals surface area contributed by atoms with Crippen molar-refractivity contribution in [1.82, 2.24) is 0 Å². The maximum atomic E-state index is 11.3. The van der Waals surface area contributed by atoms with Crippen molar-refractivity contribution in [3.05, 3.63) is 34.9 Å². The molecule has 0 heterocycles. The third-order valence-electron chi connectivity index (χ3n) is 3.46. The molecule has 0 radical (unpaired) electrons. The number of ether oxygens (including phenoxy) is 1. The molecular weight excluding hydrogens is 406 g/mol. The van der Waals surface area contributed by atoms with Gasteiger partial charge < -0.3 is 19.4 Å². The summed E-state index contributed by atoms with van der Waals surface area (Å²) in [6.07, 6.45) is 14.3. The molecule has 10 heteroatoms. The minimum absolute atomic E-state index is 0.284. The van der Waals surface area contributed by atoms with Crippen LogP contribution in [0, 0.1) is 12.3 Å². The molecule has 0 aromatic rings. The molecule has 0 saturated heterocycles. The molecule has 0 spiro atoms. The molecule has 1 atom stereocenters. The summed E-state index contributed by atoms with van der Waals surface area (Å²) in [7, 11) is -9.87. The van der Waals surface area contributed by atoms with Crippen LogP contribution >= 0.6 is 15.6 Å². The first kappa shape index (κ1) is 27.0. The number of hydrogen-bond donors (Lipinski definition) is 3. The van der Waals surface area contributed by atoms with E-state index in [0.717, 1.165) is 36.8 Å². The lowest BCUT2D eigenvalue weighted by Gasteiger charge is -2.11. The smallest absolute Gasteiger partial charge is 0.364 e. The Labute approximate surface area is 167 Å². The Kier molecular flexibility index (Phi) is 13.6. The van der Waals surface area contributed by atoms with Crippen LogP contribution in [-0.4, -0.2) is 34.5 Å². The van der Waals surface area contributed by atoms with Gasteiger partial charge in [0.25, 0.3) is 0 Å². The normalized spacial score (nSPS) is 16.0. The van der Waals surface area contributed by atoms with E-state index in [9.17, 15) is 9.13 Å². The molecule has 8 nitrogen and oxygen atoms in total. The van der Waals surface area contributed by atoms with Crippen molar-refractivity contribution in [2.24, 2.45) is 0 Å². The molecule has 0 aromatic heterocycles. The largest absolute Gasteiger partial charge is 0.481 e. The third kappa shape index (κ3) is 17.1. The van der Waals surface area contributed by atoms with Crippen LogP contribution in [0.4, 0.5) is 0 Å². The van der Waals surface area contributed by atoms with E-state index in [1.54, 1.807) is 6.08 Å². The minimum atomic E-state index is -5.09. The van der Waals surface area contributed by atoms with Gasteiger partial charge >= 0.3 is 15.6 Å². The van der Waals surface area contributed by atoms with Crippen LogP contribution < -0.4 is 0 Å². The van der Waals surface area contributed by atoms with Crippen LogP contribution in [0.25, 0.3) is 0 Å². The molecule has 0 saturated carbocycles. The average Bonchev–Trinajstić information content (AvgIpc) is 2.52. The summed E-state index contributed by atoms with van der Waals surface area (Å²) >= 11 is 0. The molecule has 0 fully saturated rings. The highest BCUT2D eigenvalue weighted by molar-refractivity contribution is 7.60. The van der Waals surface area contributed by atoms with Gasteiger partial charge in [-0.15, -0.1) is 6.42 Å². The molecule has 0 amide bonds. The van der Waals surface area contributed by atoms with Crippen molar-refractivity contribution in [3.63, 3.8) is 0 Å². The van der Waals surface area contributed by atoms with Crippen molar-refractivity contribution in [2.75, 3.05) is 19.8 Å². The lowest BCUT2D eigenvalue weighted by molar-refractivity contribution is 0.191. The van der Waals surface area contributed by atoms with E-state index in [2.05, 4.69) is 33.8 Å². The second kappa shape index (κ2) is 14.1. The predicted molar refractivity (Wildman–Crippen MR) is 108 cm³/mol. The Balaban J connectivity index is 4.17. The lowest BCUT2D eigenvalue weighted by atomic mass is 10.1. The van der Waals surface area contributed by atoms with E-state index in [4.69, 9.17) is 25.8 Å².